The van der Waals surface area contributed by atoms with Gasteiger partial charge in [0.05, 0.1) is 6.10 Å². The first-order valence-electron chi connectivity index (χ1n) is 3.88. The van der Waals surface area contributed by atoms with Crippen LogP contribution in [-0.2, 0) is 4.74 Å². The van der Waals surface area contributed by atoms with Crippen LogP contribution in [0.3, 0.4) is 0 Å². The van der Waals surface area contributed by atoms with Crippen molar-refractivity contribution in [3.05, 3.63) is 0 Å². The molecule has 0 aromatic heterocycles. The highest BCUT2D eigenvalue weighted by molar-refractivity contribution is 4.87. The average molecular weight is 183 g/mol. The molecule has 0 bridgehead atoms. The topological polar surface area (TPSA) is 21.3 Å². The molecule has 5 heteroatoms. The predicted octanol–water partition coefficient (Wildman–Crippen LogP) is 1.32. The molecule has 12 heavy (non-hydrogen) atoms. The van der Waals surface area contributed by atoms with Crippen LogP contribution in [0.4, 0.5) is 13.2 Å². The summed E-state index contributed by atoms with van der Waals surface area (Å²) in [6.07, 6.45) is -3.70. The van der Waals surface area contributed by atoms with Gasteiger partial charge < -0.3 is 10.1 Å². The Kier molecular flexibility index (Phi) is 2.95. The first-order chi connectivity index (χ1) is 5.55. The number of halogens is 3. The quantitative estimate of drug-likeness (QED) is 0.661. The molecule has 1 aliphatic heterocycles. The van der Waals surface area contributed by atoms with Crippen molar-refractivity contribution in [1.29, 1.82) is 0 Å². The van der Waals surface area contributed by atoms with Gasteiger partial charge in [-0.25, -0.2) is 0 Å². The molecule has 1 heterocycles. The zero-order valence-electron chi connectivity index (χ0n) is 6.82. The van der Waals surface area contributed by atoms with Crippen LogP contribution in [0.25, 0.3) is 0 Å². The molecule has 2 nitrogen and oxygen atoms in total. The normalized spacial score (nSPS) is 32.0. The fraction of sp³-hybridized carbons (Fsp3) is 1.00. The van der Waals surface area contributed by atoms with Crippen molar-refractivity contribution in [2.45, 2.75) is 31.2 Å². The fourth-order valence-electron chi connectivity index (χ4n) is 1.44. The van der Waals surface area contributed by atoms with Crippen LogP contribution in [0.5, 0.6) is 0 Å². The van der Waals surface area contributed by atoms with Crippen LogP contribution in [0.1, 0.15) is 12.8 Å². The van der Waals surface area contributed by atoms with Gasteiger partial charge in [-0.1, -0.05) is 0 Å². The van der Waals surface area contributed by atoms with Gasteiger partial charge in [-0.15, -0.1) is 0 Å². The molecule has 1 N–H and O–H groups in total. The molecule has 2 unspecified atom stereocenters. The van der Waals surface area contributed by atoms with E-state index in [4.69, 9.17) is 4.74 Å². The van der Waals surface area contributed by atoms with E-state index in [2.05, 4.69) is 5.32 Å². The third kappa shape index (κ3) is 2.10. The maximum Gasteiger partial charge on any atom is 0.406 e. The van der Waals surface area contributed by atoms with E-state index in [1.807, 2.05) is 0 Å². The number of alkyl halides is 3. The molecule has 1 aliphatic rings. The van der Waals surface area contributed by atoms with Crippen LogP contribution in [0.2, 0.25) is 0 Å². The molecule has 72 valence electrons. The molecule has 0 aliphatic carbocycles. The molecule has 0 amide bonds. The van der Waals surface area contributed by atoms with E-state index in [-0.39, 0.29) is 0 Å². The Hall–Kier alpha value is -0.290. The number of rotatable bonds is 1. The number of ether oxygens (including phenoxy) is 1. The van der Waals surface area contributed by atoms with Crippen molar-refractivity contribution in [2.24, 2.45) is 0 Å². The Labute approximate surface area is 69.1 Å². The van der Waals surface area contributed by atoms with E-state index in [9.17, 15) is 13.2 Å². The van der Waals surface area contributed by atoms with Crippen molar-refractivity contribution in [3.8, 4) is 0 Å². The van der Waals surface area contributed by atoms with Gasteiger partial charge in [-0.2, -0.15) is 13.2 Å². The fourth-order valence-corrected chi connectivity index (χ4v) is 1.44. The summed E-state index contributed by atoms with van der Waals surface area (Å²) < 4.78 is 41.5. The Morgan fingerprint density at radius 3 is 2.50 bits per heavy atom. The molecular formula is C7H12F3NO. The maximum atomic E-state index is 12.2. The van der Waals surface area contributed by atoms with Gasteiger partial charge in [0.15, 0.2) is 0 Å². The van der Waals surface area contributed by atoms with E-state index in [1.165, 1.54) is 7.11 Å². The Morgan fingerprint density at radius 2 is 2.08 bits per heavy atom. The second-order valence-electron chi connectivity index (χ2n) is 2.89. The minimum absolute atomic E-state index is 0.421. The number of hydrogen-bond donors (Lipinski definition) is 1. The molecule has 1 rings (SSSR count). The van der Waals surface area contributed by atoms with E-state index in [0.717, 1.165) is 6.42 Å². The molecular weight excluding hydrogens is 171 g/mol. The third-order valence-corrected chi connectivity index (χ3v) is 2.06. The monoisotopic (exact) mass is 183 g/mol. The summed E-state index contributed by atoms with van der Waals surface area (Å²) in [6, 6.07) is -1.49. The minimum atomic E-state index is -4.19. The second-order valence-corrected chi connectivity index (χ2v) is 2.89. The van der Waals surface area contributed by atoms with Crippen LogP contribution in [0, 0.1) is 0 Å². The molecule has 0 aromatic carbocycles. The molecule has 0 aromatic rings. The molecule has 0 saturated carbocycles. The number of hydrogen-bond acceptors (Lipinski definition) is 2. The lowest BCUT2D eigenvalue weighted by Gasteiger charge is -2.32. The number of methoxy groups -OCH3 is 1. The Bertz CT molecular complexity index is 148. The van der Waals surface area contributed by atoms with Crippen LogP contribution in [0.15, 0.2) is 0 Å². The summed E-state index contributed by atoms with van der Waals surface area (Å²) in [5.74, 6) is 0. The summed E-state index contributed by atoms with van der Waals surface area (Å²) in [7, 11) is 1.32. The van der Waals surface area contributed by atoms with Crippen molar-refractivity contribution < 1.29 is 17.9 Å². The van der Waals surface area contributed by atoms with Crippen molar-refractivity contribution in [3.63, 3.8) is 0 Å². The van der Waals surface area contributed by atoms with Gasteiger partial charge in [0.25, 0.3) is 0 Å². The van der Waals surface area contributed by atoms with E-state index in [1.54, 1.807) is 0 Å². The molecule has 0 radical (unpaired) electrons. The summed E-state index contributed by atoms with van der Waals surface area (Å²) in [4.78, 5) is 0. The van der Waals surface area contributed by atoms with Gasteiger partial charge in [0, 0.05) is 7.11 Å². The van der Waals surface area contributed by atoms with Gasteiger partial charge >= 0.3 is 6.18 Å². The lowest BCUT2D eigenvalue weighted by Crippen LogP contribution is -2.54. The zero-order chi connectivity index (χ0) is 9.19. The van der Waals surface area contributed by atoms with Gasteiger partial charge in [0.1, 0.15) is 6.04 Å². The second kappa shape index (κ2) is 3.62. The van der Waals surface area contributed by atoms with Crippen LogP contribution in [-0.4, -0.2) is 32.0 Å². The summed E-state index contributed by atoms with van der Waals surface area (Å²) in [5, 5.41) is 2.41. The van der Waals surface area contributed by atoms with Gasteiger partial charge in [0.2, 0.25) is 0 Å². The van der Waals surface area contributed by atoms with E-state index < -0.39 is 18.3 Å². The first kappa shape index (κ1) is 9.80. The van der Waals surface area contributed by atoms with Crippen LogP contribution < -0.4 is 5.32 Å². The van der Waals surface area contributed by atoms with Gasteiger partial charge in [-0.05, 0) is 19.4 Å². The third-order valence-electron chi connectivity index (χ3n) is 2.06. The zero-order valence-corrected chi connectivity index (χ0v) is 6.82. The Morgan fingerprint density at radius 1 is 1.42 bits per heavy atom. The van der Waals surface area contributed by atoms with Crippen molar-refractivity contribution in [2.75, 3.05) is 13.7 Å². The van der Waals surface area contributed by atoms with Crippen LogP contribution >= 0.6 is 0 Å². The highest BCUT2D eigenvalue weighted by atomic mass is 19.4. The van der Waals surface area contributed by atoms with Crippen molar-refractivity contribution >= 4 is 0 Å². The van der Waals surface area contributed by atoms with E-state index >= 15 is 0 Å². The largest absolute Gasteiger partial charge is 0.406 e. The smallest absolute Gasteiger partial charge is 0.379 e. The number of nitrogens with one attached hydrogen (secondary N) is 1. The highest BCUT2D eigenvalue weighted by Gasteiger charge is 2.45. The SMILES string of the molecule is COC1CCCNC1C(F)(F)F. The minimum Gasteiger partial charge on any atom is -0.379 e. The standard InChI is InChI=1S/C7H12F3NO/c1-12-5-3-2-4-11-6(5)7(8,9)10/h5-6,11H,2-4H2,1H3. The highest BCUT2D eigenvalue weighted by Crippen LogP contribution is 2.27. The lowest BCUT2D eigenvalue weighted by atomic mass is 10.0. The molecule has 1 saturated heterocycles. The van der Waals surface area contributed by atoms with Crippen molar-refractivity contribution in [1.82, 2.24) is 5.32 Å². The number of piperidine rings is 1. The summed E-state index contributed by atoms with van der Waals surface area (Å²) in [5.41, 5.74) is 0. The average Bonchev–Trinajstić information content (AvgIpc) is 2.03. The summed E-state index contributed by atoms with van der Waals surface area (Å²) >= 11 is 0. The molecule has 1 fully saturated rings. The first-order valence-corrected chi connectivity index (χ1v) is 3.88. The Balaban J connectivity index is 2.59. The van der Waals surface area contributed by atoms with E-state index in [0.29, 0.717) is 13.0 Å². The molecule has 0 spiro atoms. The maximum absolute atomic E-state index is 12.2. The predicted molar refractivity (Wildman–Crippen MR) is 37.9 cm³/mol. The van der Waals surface area contributed by atoms with Gasteiger partial charge in [-0.3, -0.25) is 0 Å². The lowest BCUT2D eigenvalue weighted by molar-refractivity contribution is -0.187. The molecule has 2 atom stereocenters. The summed E-state index contributed by atoms with van der Waals surface area (Å²) in [6.45, 7) is 0.421.